The van der Waals surface area contributed by atoms with E-state index in [9.17, 15) is 4.79 Å². The zero-order valence-corrected chi connectivity index (χ0v) is 11.3. The van der Waals surface area contributed by atoms with Crippen molar-refractivity contribution in [1.82, 2.24) is 0 Å². The first kappa shape index (κ1) is 12.8. The molecule has 0 saturated carbocycles. The molecule has 0 spiro atoms. The fourth-order valence-corrected chi connectivity index (χ4v) is 3.11. The summed E-state index contributed by atoms with van der Waals surface area (Å²) in [5.74, 6) is 1.03. The highest BCUT2D eigenvalue weighted by atomic mass is 32.3. The van der Waals surface area contributed by atoms with Gasteiger partial charge in [-0.1, -0.05) is 41.7 Å². The maximum Gasteiger partial charge on any atom is 0.321 e. The van der Waals surface area contributed by atoms with E-state index < -0.39 is 3.54 Å². The summed E-state index contributed by atoms with van der Waals surface area (Å²) in [6.45, 7) is 0. The van der Waals surface area contributed by atoms with Crippen molar-refractivity contribution < 1.29 is 9.53 Å². The van der Waals surface area contributed by atoms with Gasteiger partial charge in [0.1, 0.15) is 11.6 Å². The van der Waals surface area contributed by atoms with Crippen molar-refractivity contribution in [1.29, 1.82) is 0 Å². The molecule has 4 nitrogen and oxygen atoms in total. The number of ether oxygens (including phenoxy) is 1. The quantitative estimate of drug-likeness (QED) is 0.400. The van der Waals surface area contributed by atoms with Crippen LogP contribution in [0.5, 0.6) is 5.75 Å². The third-order valence-electron chi connectivity index (χ3n) is 1.86. The number of carbonyl (C=O) groups excluding carboxylic acids is 1. The van der Waals surface area contributed by atoms with Gasteiger partial charge < -0.3 is 4.74 Å². The molecule has 1 aliphatic rings. The summed E-state index contributed by atoms with van der Waals surface area (Å²) >= 11 is 7.12. The minimum atomic E-state index is -0.643. The molecule has 1 heterocycles. The summed E-state index contributed by atoms with van der Waals surface area (Å²) in [6.07, 6.45) is 0. The minimum Gasteiger partial charge on any atom is -0.426 e. The molecular weight excluding hydrogens is 276 g/mol. The second kappa shape index (κ2) is 5.79. The van der Waals surface area contributed by atoms with Gasteiger partial charge in [0.05, 0.1) is 5.75 Å². The Morgan fingerprint density at radius 1 is 1.53 bits per heavy atom. The summed E-state index contributed by atoms with van der Waals surface area (Å²) in [7, 11) is 0. The van der Waals surface area contributed by atoms with Crippen LogP contribution in [0, 0.1) is 0 Å². The van der Waals surface area contributed by atoms with Gasteiger partial charge in [-0.3, -0.25) is 4.79 Å². The molecule has 2 rings (SSSR count). The van der Waals surface area contributed by atoms with Crippen LogP contribution in [0.3, 0.4) is 0 Å². The highest BCUT2D eigenvalue weighted by Gasteiger charge is 2.31. The Balaban J connectivity index is 1.80. The van der Waals surface area contributed by atoms with Crippen molar-refractivity contribution >= 4 is 42.1 Å². The number of hydrogen-bond donors (Lipinski definition) is 1. The van der Waals surface area contributed by atoms with Gasteiger partial charge in [0, 0.05) is 0 Å². The number of esters is 1. The van der Waals surface area contributed by atoms with Gasteiger partial charge in [-0.25, -0.2) is 0 Å². The fraction of sp³-hybridized carbons (Fsp3) is 0.300. The molecule has 90 valence electrons. The van der Waals surface area contributed by atoms with Crippen LogP contribution in [0.1, 0.15) is 0 Å². The maximum atomic E-state index is 11.6. The van der Waals surface area contributed by atoms with Crippen molar-refractivity contribution in [3.05, 3.63) is 30.3 Å². The standard InChI is InChI=1S/C10H10N2O2S3/c13-9(14-8-4-2-1-3-5-8)6-16-10(15)12-11-7-17-10/h1-5,15H,6-7H2. The monoisotopic (exact) mass is 286 g/mol. The zero-order chi connectivity index (χ0) is 12.1. The van der Waals surface area contributed by atoms with E-state index in [4.69, 9.17) is 4.74 Å². The Hall–Kier alpha value is -0.660. The molecule has 1 aromatic carbocycles. The number of hydrogen-bond acceptors (Lipinski definition) is 7. The Labute approximate surface area is 113 Å². The van der Waals surface area contributed by atoms with Gasteiger partial charge in [0.25, 0.3) is 0 Å². The zero-order valence-electron chi connectivity index (χ0n) is 8.78. The normalized spacial score (nSPS) is 22.6. The molecule has 0 aliphatic carbocycles. The van der Waals surface area contributed by atoms with Crippen molar-refractivity contribution in [3.63, 3.8) is 0 Å². The number of thioether (sulfide) groups is 2. The summed E-state index contributed by atoms with van der Waals surface area (Å²) in [4.78, 5) is 11.6. The van der Waals surface area contributed by atoms with Crippen molar-refractivity contribution in [3.8, 4) is 5.75 Å². The molecule has 0 bridgehead atoms. The summed E-state index contributed by atoms with van der Waals surface area (Å²) in [5, 5.41) is 7.79. The van der Waals surface area contributed by atoms with Crippen LogP contribution < -0.4 is 4.74 Å². The minimum absolute atomic E-state index is 0.199. The van der Waals surface area contributed by atoms with E-state index in [-0.39, 0.29) is 11.7 Å². The second-order valence-electron chi connectivity index (χ2n) is 3.14. The maximum absolute atomic E-state index is 11.6. The lowest BCUT2D eigenvalue weighted by molar-refractivity contribution is -0.131. The van der Waals surface area contributed by atoms with Gasteiger partial charge in [-0.05, 0) is 12.1 Å². The Kier molecular flexibility index (Phi) is 4.36. The van der Waals surface area contributed by atoms with E-state index in [0.29, 0.717) is 11.6 Å². The van der Waals surface area contributed by atoms with E-state index in [1.807, 2.05) is 18.2 Å². The van der Waals surface area contributed by atoms with Crippen LogP contribution in [0.2, 0.25) is 0 Å². The van der Waals surface area contributed by atoms with Gasteiger partial charge in [-0.2, -0.15) is 10.2 Å². The molecule has 1 aliphatic heterocycles. The Bertz CT molecular complexity index is 427. The predicted octanol–water partition coefficient (Wildman–Crippen LogP) is 3.02. The van der Waals surface area contributed by atoms with Crippen LogP contribution in [0.4, 0.5) is 0 Å². The molecule has 1 unspecified atom stereocenters. The molecule has 0 radical (unpaired) electrons. The number of rotatable bonds is 4. The summed E-state index contributed by atoms with van der Waals surface area (Å²) in [5.41, 5.74) is 0. The molecule has 0 fully saturated rings. The van der Waals surface area contributed by atoms with Gasteiger partial charge >= 0.3 is 5.97 Å². The third-order valence-corrected chi connectivity index (χ3v) is 4.97. The molecule has 0 saturated heterocycles. The fourth-order valence-electron chi connectivity index (χ4n) is 1.13. The number of thiol groups is 1. The van der Waals surface area contributed by atoms with E-state index in [2.05, 4.69) is 22.9 Å². The van der Waals surface area contributed by atoms with E-state index in [0.717, 1.165) is 0 Å². The van der Waals surface area contributed by atoms with E-state index in [1.54, 1.807) is 12.1 Å². The highest BCUT2D eigenvalue weighted by molar-refractivity contribution is 8.29. The van der Waals surface area contributed by atoms with Crippen LogP contribution in [0.15, 0.2) is 40.6 Å². The first-order chi connectivity index (χ1) is 8.18. The molecule has 7 heteroatoms. The number of nitrogens with zero attached hydrogens (tertiary/aromatic N) is 2. The number of benzene rings is 1. The number of carbonyl (C=O) groups is 1. The highest BCUT2D eigenvalue weighted by Crippen LogP contribution is 2.46. The molecule has 0 N–H and O–H groups in total. The van der Waals surface area contributed by atoms with Crippen LogP contribution in [0.25, 0.3) is 0 Å². The first-order valence-electron chi connectivity index (χ1n) is 4.83. The number of para-hydroxylation sites is 1. The van der Waals surface area contributed by atoms with Gasteiger partial charge in [0.2, 0.25) is 3.54 Å². The van der Waals surface area contributed by atoms with E-state index in [1.165, 1.54) is 23.5 Å². The van der Waals surface area contributed by atoms with E-state index >= 15 is 0 Å². The second-order valence-corrected chi connectivity index (χ2v) is 6.96. The average Bonchev–Trinajstić information content (AvgIpc) is 2.76. The largest absolute Gasteiger partial charge is 0.426 e. The van der Waals surface area contributed by atoms with Crippen LogP contribution in [-0.4, -0.2) is 21.1 Å². The average molecular weight is 286 g/mol. The molecular formula is C10H10N2O2S3. The topological polar surface area (TPSA) is 51.0 Å². The predicted molar refractivity (Wildman–Crippen MR) is 73.6 cm³/mol. The van der Waals surface area contributed by atoms with Crippen molar-refractivity contribution in [2.75, 3.05) is 11.6 Å². The number of azo groups is 1. The summed E-state index contributed by atoms with van der Waals surface area (Å²) in [6, 6.07) is 8.98. The van der Waals surface area contributed by atoms with Gasteiger partial charge in [0.15, 0.2) is 0 Å². The molecule has 0 amide bonds. The van der Waals surface area contributed by atoms with Crippen LogP contribution >= 0.6 is 36.2 Å². The lowest BCUT2D eigenvalue weighted by Crippen LogP contribution is -2.15. The Morgan fingerprint density at radius 2 is 2.29 bits per heavy atom. The molecule has 0 aromatic heterocycles. The van der Waals surface area contributed by atoms with Gasteiger partial charge in [-0.15, -0.1) is 12.6 Å². The van der Waals surface area contributed by atoms with Crippen molar-refractivity contribution in [2.45, 2.75) is 3.54 Å². The van der Waals surface area contributed by atoms with Crippen molar-refractivity contribution in [2.24, 2.45) is 10.2 Å². The SMILES string of the molecule is O=C(CSC1(S)N=NCS1)Oc1ccccc1. The molecule has 1 aromatic rings. The van der Waals surface area contributed by atoms with Crippen LogP contribution in [-0.2, 0) is 4.79 Å². The Morgan fingerprint density at radius 3 is 2.94 bits per heavy atom. The first-order valence-corrected chi connectivity index (χ1v) is 7.24. The molecule has 1 atom stereocenters. The summed E-state index contributed by atoms with van der Waals surface area (Å²) < 4.78 is 4.50. The third kappa shape index (κ3) is 3.93. The molecule has 17 heavy (non-hydrogen) atoms. The smallest absolute Gasteiger partial charge is 0.321 e. The lowest BCUT2D eigenvalue weighted by Gasteiger charge is -2.14. The lowest BCUT2D eigenvalue weighted by atomic mass is 10.3.